The fraction of sp³-hybridized carbons (Fsp3) is 0.333. The standard InChI is InChI=1S/C24H27N3O2S/c1-16-5-9-18(10-6-16)22-23(19-11-7-17(2)8-12-19)27-24(26-22)30-15-21(28)25-14-20-4-3-13-29-20/h5-12,20H,3-4,13-15H2,1-2H3,(H,25,28)(H,26,27). The molecule has 5 nitrogen and oxygen atoms in total. The molecule has 1 aliphatic rings. The number of nitrogens with zero attached hydrogens (tertiary/aromatic N) is 1. The van der Waals surface area contributed by atoms with Crippen LogP contribution in [0.25, 0.3) is 22.5 Å². The van der Waals surface area contributed by atoms with Crippen molar-refractivity contribution in [2.45, 2.75) is 37.9 Å². The van der Waals surface area contributed by atoms with E-state index in [9.17, 15) is 4.79 Å². The number of carbonyl (C=O) groups excluding carboxylic acids is 1. The van der Waals surface area contributed by atoms with E-state index in [1.807, 2.05) is 0 Å². The Morgan fingerprint density at radius 3 is 2.40 bits per heavy atom. The van der Waals surface area contributed by atoms with E-state index in [0.29, 0.717) is 12.3 Å². The van der Waals surface area contributed by atoms with Crippen molar-refractivity contribution in [2.75, 3.05) is 18.9 Å². The summed E-state index contributed by atoms with van der Waals surface area (Å²) in [5.74, 6) is 0.321. The van der Waals surface area contributed by atoms with Gasteiger partial charge in [0.2, 0.25) is 5.91 Å². The van der Waals surface area contributed by atoms with Gasteiger partial charge in [0, 0.05) is 24.3 Å². The smallest absolute Gasteiger partial charge is 0.230 e. The molecule has 0 bridgehead atoms. The van der Waals surface area contributed by atoms with Crippen LogP contribution in [-0.2, 0) is 9.53 Å². The van der Waals surface area contributed by atoms with Gasteiger partial charge in [-0.2, -0.15) is 0 Å². The second-order valence-electron chi connectivity index (χ2n) is 7.73. The number of benzene rings is 2. The van der Waals surface area contributed by atoms with E-state index >= 15 is 0 Å². The number of carbonyl (C=O) groups is 1. The fourth-order valence-corrected chi connectivity index (χ4v) is 4.19. The van der Waals surface area contributed by atoms with Crippen LogP contribution in [0.4, 0.5) is 0 Å². The maximum atomic E-state index is 12.3. The minimum Gasteiger partial charge on any atom is -0.376 e. The number of hydrogen-bond acceptors (Lipinski definition) is 4. The highest BCUT2D eigenvalue weighted by molar-refractivity contribution is 7.99. The van der Waals surface area contributed by atoms with Crippen LogP contribution in [0.2, 0.25) is 0 Å². The molecule has 4 rings (SSSR count). The maximum Gasteiger partial charge on any atom is 0.230 e. The molecule has 0 spiro atoms. The van der Waals surface area contributed by atoms with Crippen molar-refractivity contribution >= 4 is 17.7 Å². The summed E-state index contributed by atoms with van der Waals surface area (Å²) in [5.41, 5.74) is 6.44. The summed E-state index contributed by atoms with van der Waals surface area (Å²) >= 11 is 1.42. The molecule has 0 radical (unpaired) electrons. The predicted molar refractivity (Wildman–Crippen MR) is 122 cm³/mol. The SMILES string of the molecule is Cc1ccc(-c2nc(SCC(=O)NCC3CCCO3)[nH]c2-c2ccc(C)cc2)cc1. The highest BCUT2D eigenvalue weighted by atomic mass is 32.2. The predicted octanol–water partition coefficient (Wildman–Crippen LogP) is 4.75. The molecule has 156 valence electrons. The van der Waals surface area contributed by atoms with Crippen LogP contribution in [0.3, 0.4) is 0 Å². The summed E-state index contributed by atoms with van der Waals surface area (Å²) < 4.78 is 5.56. The molecule has 2 N–H and O–H groups in total. The van der Waals surface area contributed by atoms with Gasteiger partial charge in [-0.05, 0) is 26.7 Å². The van der Waals surface area contributed by atoms with Gasteiger partial charge < -0.3 is 15.0 Å². The lowest BCUT2D eigenvalue weighted by molar-refractivity contribution is -0.119. The zero-order valence-corrected chi connectivity index (χ0v) is 18.2. The van der Waals surface area contributed by atoms with Gasteiger partial charge >= 0.3 is 0 Å². The van der Waals surface area contributed by atoms with Crippen LogP contribution >= 0.6 is 11.8 Å². The molecule has 1 amide bonds. The van der Waals surface area contributed by atoms with E-state index in [4.69, 9.17) is 9.72 Å². The van der Waals surface area contributed by atoms with Crippen molar-refractivity contribution in [3.63, 3.8) is 0 Å². The first-order chi connectivity index (χ1) is 14.6. The van der Waals surface area contributed by atoms with Crippen molar-refractivity contribution in [1.29, 1.82) is 0 Å². The number of H-pyrrole nitrogens is 1. The first-order valence-electron chi connectivity index (χ1n) is 10.3. The van der Waals surface area contributed by atoms with Gasteiger partial charge in [-0.15, -0.1) is 0 Å². The molecule has 30 heavy (non-hydrogen) atoms. The third-order valence-electron chi connectivity index (χ3n) is 5.24. The van der Waals surface area contributed by atoms with Crippen LogP contribution < -0.4 is 5.32 Å². The number of aryl methyl sites for hydroxylation is 2. The molecule has 2 heterocycles. The maximum absolute atomic E-state index is 12.3. The Bertz CT molecular complexity index is 927. The zero-order chi connectivity index (χ0) is 20.9. The van der Waals surface area contributed by atoms with Crippen LogP contribution in [-0.4, -0.2) is 40.9 Å². The summed E-state index contributed by atoms with van der Waals surface area (Å²) in [6.07, 6.45) is 2.25. The summed E-state index contributed by atoms with van der Waals surface area (Å²) in [6, 6.07) is 16.8. The van der Waals surface area contributed by atoms with Gasteiger partial charge in [0.1, 0.15) is 0 Å². The summed E-state index contributed by atoms with van der Waals surface area (Å²) in [5, 5.41) is 3.71. The second kappa shape index (κ2) is 9.49. The van der Waals surface area contributed by atoms with Gasteiger partial charge in [0.05, 0.1) is 23.2 Å². The number of hydrogen-bond donors (Lipinski definition) is 2. The third kappa shape index (κ3) is 5.12. The number of aromatic amines is 1. The normalized spacial score (nSPS) is 16.0. The average Bonchev–Trinajstić information content (AvgIpc) is 3.42. The second-order valence-corrected chi connectivity index (χ2v) is 8.69. The Balaban J connectivity index is 1.50. The van der Waals surface area contributed by atoms with E-state index in [2.05, 4.69) is 72.7 Å². The van der Waals surface area contributed by atoms with E-state index < -0.39 is 0 Å². The van der Waals surface area contributed by atoms with Crippen molar-refractivity contribution in [3.8, 4) is 22.5 Å². The summed E-state index contributed by atoms with van der Waals surface area (Å²) in [4.78, 5) is 20.5. The minimum absolute atomic E-state index is 0.000622. The van der Waals surface area contributed by atoms with Gasteiger partial charge in [-0.1, -0.05) is 71.4 Å². The van der Waals surface area contributed by atoms with E-state index in [1.165, 1.54) is 22.9 Å². The monoisotopic (exact) mass is 421 g/mol. The molecule has 1 fully saturated rings. The lowest BCUT2D eigenvalue weighted by Crippen LogP contribution is -2.32. The summed E-state index contributed by atoms with van der Waals surface area (Å²) in [7, 11) is 0. The van der Waals surface area contributed by atoms with Gasteiger partial charge in [0.15, 0.2) is 5.16 Å². The van der Waals surface area contributed by atoms with Crippen LogP contribution in [0, 0.1) is 13.8 Å². The molecule has 1 aromatic heterocycles. The van der Waals surface area contributed by atoms with Crippen molar-refractivity contribution in [3.05, 3.63) is 59.7 Å². The lowest BCUT2D eigenvalue weighted by atomic mass is 10.0. The fourth-order valence-electron chi connectivity index (χ4n) is 3.49. The van der Waals surface area contributed by atoms with Crippen molar-refractivity contribution in [1.82, 2.24) is 15.3 Å². The number of aromatic nitrogens is 2. The number of imidazole rings is 1. The molecular formula is C24H27N3O2S. The van der Waals surface area contributed by atoms with Gasteiger partial charge in [0.25, 0.3) is 0 Å². The largest absolute Gasteiger partial charge is 0.376 e. The zero-order valence-electron chi connectivity index (χ0n) is 17.4. The van der Waals surface area contributed by atoms with Crippen LogP contribution in [0.1, 0.15) is 24.0 Å². The van der Waals surface area contributed by atoms with Crippen LogP contribution in [0.5, 0.6) is 0 Å². The Hall–Kier alpha value is -2.57. The van der Waals surface area contributed by atoms with Crippen LogP contribution in [0.15, 0.2) is 53.7 Å². The lowest BCUT2D eigenvalue weighted by Gasteiger charge is -2.10. The molecule has 1 saturated heterocycles. The average molecular weight is 422 g/mol. The molecule has 6 heteroatoms. The Kier molecular flexibility index (Phi) is 6.55. The topological polar surface area (TPSA) is 67.0 Å². The summed E-state index contributed by atoms with van der Waals surface area (Å²) in [6.45, 7) is 5.53. The van der Waals surface area contributed by atoms with E-state index in [-0.39, 0.29) is 12.0 Å². The number of nitrogens with one attached hydrogen (secondary N) is 2. The number of amides is 1. The number of ether oxygens (including phenoxy) is 1. The minimum atomic E-state index is 0.000622. The molecule has 2 aromatic carbocycles. The van der Waals surface area contributed by atoms with Crippen molar-refractivity contribution < 1.29 is 9.53 Å². The number of rotatable bonds is 7. The molecule has 1 aliphatic heterocycles. The van der Waals surface area contributed by atoms with Crippen molar-refractivity contribution in [2.24, 2.45) is 0 Å². The van der Waals surface area contributed by atoms with Gasteiger partial charge in [-0.3, -0.25) is 4.79 Å². The molecule has 1 unspecified atom stereocenters. The highest BCUT2D eigenvalue weighted by Crippen LogP contribution is 2.33. The third-order valence-corrected chi connectivity index (χ3v) is 6.11. The number of thioether (sulfide) groups is 1. The Labute approximate surface area is 181 Å². The Morgan fingerprint density at radius 2 is 1.77 bits per heavy atom. The highest BCUT2D eigenvalue weighted by Gasteiger charge is 2.18. The Morgan fingerprint density at radius 1 is 1.10 bits per heavy atom. The van der Waals surface area contributed by atoms with E-state index in [0.717, 1.165) is 47.1 Å². The molecule has 1 atom stereocenters. The quantitative estimate of drug-likeness (QED) is 0.541. The van der Waals surface area contributed by atoms with Gasteiger partial charge in [-0.25, -0.2) is 4.98 Å². The first-order valence-corrected chi connectivity index (χ1v) is 11.3. The molecular weight excluding hydrogens is 394 g/mol. The molecule has 0 aliphatic carbocycles. The molecule has 0 saturated carbocycles. The molecule has 3 aromatic rings. The van der Waals surface area contributed by atoms with E-state index in [1.54, 1.807) is 0 Å². The first kappa shape index (κ1) is 20.7.